The van der Waals surface area contributed by atoms with E-state index < -0.39 is 16.4 Å². The second-order valence-electron chi connectivity index (χ2n) is 6.64. The van der Waals surface area contributed by atoms with E-state index in [1.165, 1.54) is 6.33 Å². The Bertz CT molecular complexity index is 1270. The first kappa shape index (κ1) is 20.2. The third-order valence-electron chi connectivity index (χ3n) is 4.71. The number of aromatic nitrogens is 4. The van der Waals surface area contributed by atoms with Crippen LogP contribution in [-0.4, -0.2) is 31.3 Å². The highest BCUT2D eigenvalue weighted by Gasteiger charge is 2.20. The highest BCUT2D eigenvalue weighted by molar-refractivity contribution is 5.84. The number of halogens is 1. The predicted molar refractivity (Wildman–Crippen MR) is 114 cm³/mol. The number of hydrogen-bond acceptors (Lipinski definition) is 7. The monoisotopic (exact) mass is 422 g/mol. The number of aryl methyl sites for hydroxylation is 1. The highest BCUT2D eigenvalue weighted by Crippen LogP contribution is 2.34. The van der Waals surface area contributed by atoms with Crippen LogP contribution in [-0.2, 0) is 6.54 Å². The SMILES string of the molecule is CCOc1cc(F)c([N+](=O)[O-])cc1Nc1cc(-c2ccc3c(cnn3CC)c2)ncn1. The van der Waals surface area contributed by atoms with Crippen molar-refractivity contribution in [3.8, 4) is 17.0 Å². The normalized spacial score (nSPS) is 10.9. The molecule has 9 nitrogen and oxygen atoms in total. The van der Waals surface area contributed by atoms with Gasteiger partial charge in [0.15, 0.2) is 0 Å². The Morgan fingerprint density at radius 1 is 1.19 bits per heavy atom. The van der Waals surface area contributed by atoms with Gasteiger partial charge in [-0.1, -0.05) is 6.07 Å². The van der Waals surface area contributed by atoms with Gasteiger partial charge in [0, 0.05) is 35.7 Å². The summed E-state index contributed by atoms with van der Waals surface area (Å²) in [7, 11) is 0. The zero-order valence-electron chi connectivity index (χ0n) is 16.9. The fourth-order valence-electron chi connectivity index (χ4n) is 3.28. The van der Waals surface area contributed by atoms with Gasteiger partial charge in [0.25, 0.3) is 0 Å². The van der Waals surface area contributed by atoms with Crippen molar-refractivity contribution in [2.75, 3.05) is 11.9 Å². The summed E-state index contributed by atoms with van der Waals surface area (Å²) in [6.45, 7) is 4.81. The standard InChI is InChI=1S/C21H19FN6O3/c1-3-27-18-6-5-13(7-14(18)11-25-27)16-10-21(24-12-23-16)26-17-9-19(28(29)30)15(22)8-20(17)31-4-2/h5-12H,3-4H2,1-2H3,(H,23,24,26). The van der Waals surface area contributed by atoms with Crippen molar-refractivity contribution < 1.29 is 14.1 Å². The molecule has 0 amide bonds. The number of benzene rings is 2. The van der Waals surface area contributed by atoms with E-state index in [-0.39, 0.29) is 18.0 Å². The second-order valence-corrected chi connectivity index (χ2v) is 6.64. The first-order valence-corrected chi connectivity index (χ1v) is 9.66. The number of nitrogens with one attached hydrogen (secondary N) is 1. The molecule has 4 rings (SSSR count). The van der Waals surface area contributed by atoms with Gasteiger partial charge in [-0.25, -0.2) is 9.97 Å². The number of nitrogens with zero attached hydrogens (tertiary/aromatic N) is 5. The minimum Gasteiger partial charge on any atom is -0.492 e. The summed E-state index contributed by atoms with van der Waals surface area (Å²) in [6, 6.07) is 9.69. The Balaban J connectivity index is 1.69. The van der Waals surface area contributed by atoms with Gasteiger partial charge in [0.1, 0.15) is 17.9 Å². The number of anilines is 2. The Morgan fingerprint density at radius 3 is 2.77 bits per heavy atom. The first-order valence-electron chi connectivity index (χ1n) is 9.66. The van der Waals surface area contributed by atoms with Gasteiger partial charge in [-0.2, -0.15) is 9.49 Å². The molecule has 0 radical (unpaired) electrons. The van der Waals surface area contributed by atoms with Gasteiger partial charge in [0.05, 0.1) is 34.6 Å². The number of hydrogen-bond donors (Lipinski definition) is 1. The van der Waals surface area contributed by atoms with Gasteiger partial charge in [-0.15, -0.1) is 0 Å². The van der Waals surface area contributed by atoms with Crippen molar-refractivity contribution >= 4 is 28.1 Å². The molecule has 0 unspecified atom stereocenters. The lowest BCUT2D eigenvalue weighted by atomic mass is 10.1. The van der Waals surface area contributed by atoms with E-state index in [4.69, 9.17) is 4.74 Å². The van der Waals surface area contributed by atoms with Gasteiger partial charge in [-0.3, -0.25) is 14.8 Å². The van der Waals surface area contributed by atoms with Crippen LogP contribution in [0, 0.1) is 15.9 Å². The molecule has 0 spiro atoms. The van der Waals surface area contributed by atoms with Gasteiger partial charge < -0.3 is 10.1 Å². The fraction of sp³-hybridized carbons (Fsp3) is 0.190. The van der Waals surface area contributed by atoms with Crippen LogP contribution in [0.25, 0.3) is 22.2 Å². The molecular formula is C21H19FN6O3. The maximum absolute atomic E-state index is 14.0. The first-order chi connectivity index (χ1) is 15.0. The minimum atomic E-state index is -0.969. The number of nitro groups is 1. The lowest BCUT2D eigenvalue weighted by molar-refractivity contribution is -0.387. The summed E-state index contributed by atoms with van der Waals surface area (Å²) >= 11 is 0. The lowest BCUT2D eigenvalue weighted by Gasteiger charge is -2.13. The average molecular weight is 422 g/mol. The fourth-order valence-corrected chi connectivity index (χ4v) is 3.28. The van der Waals surface area contributed by atoms with Crippen LogP contribution >= 0.6 is 0 Å². The zero-order chi connectivity index (χ0) is 22.0. The van der Waals surface area contributed by atoms with E-state index in [2.05, 4.69) is 20.4 Å². The number of fused-ring (bicyclic) bond motifs is 1. The second kappa shape index (κ2) is 8.34. The maximum atomic E-state index is 14.0. The number of rotatable bonds is 7. The van der Waals surface area contributed by atoms with E-state index in [1.54, 1.807) is 19.2 Å². The third kappa shape index (κ3) is 4.00. The highest BCUT2D eigenvalue weighted by atomic mass is 19.1. The predicted octanol–water partition coefficient (Wildman–Crippen LogP) is 4.70. The van der Waals surface area contributed by atoms with E-state index in [9.17, 15) is 14.5 Å². The van der Waals surface area contributed by atoms with Crippen LogP contribution in [0.1, 0.15) is 13.8 Å². The van der Waals surface area contributed by atoms with Gasteiger partial charge in [0.2, 0.25) is 5.82 Å². The molecule has 31 heavy (non-hydrogen) atoms. The van der Waals surface area contributed by atoms with Crippen LogP contribution in [0.5, 0.6) is 5.75 Å². The lowest BCUT2D eigenvalue weighted by Crippen LogP contribution is -2.03. The van der Waals surface area contributed by atoms with Gasteiger partial charge >= 0.3 is 5.69 Å². The molecule has 0 aliphatic heterocycles. The molecule has 0 bridgehead atoms. The Hall–Kier alpha value is -4.08. The summed E-state index contributed by atoms with van der Waals surface area (Å²) in [6.07, 6.45) is 3.18. The molecule has 2 aromatic carbocycles. The molecule has 2 heterocycles. The van der Waals surface area contributed by atoms with Crippen molar-refractivity contribution in [2.24, 2.45) is 0 Å². The Labute approximate surface area is 176 Å². The zero-order valence-corrected chi connectivity index (χ0v) is 16.9. The summed E-state index contributed by atoms with van der Waals surface area (Å²) in [5, 5.41) is 19.4. The maximum Gasteiger partial charge on any atom is 0.307 e. The third-order valence-corrected chi connectivity index (χ3v) is 4.71. The molecule has 0 atom stereocenters. The Morgan fingerprint density at radius 2 is 2.03 bits per heavy atom. The summed E-state index contributed by atoms with van der Waals surface area (Å²) in [5.41, 5.74) is 2.12. The summed E-state index contributed by atoms with van der Waals surface area (Å²) in [4.78, 5) is 18.9. The average Bonchev–Trinajstić information content (AvgIpc) is 3.18. The smallest absolute Gasteiger partial charge is 0.307 e. The van der Waals surface area contributed by atoms with Crippen molar-refractivity contribution in [1.82, 2.24) is 19.7 Å². The molecule has 4 aromatic rings. The van der Waals surface area contributed by atoms with Crippen LogP contribution in [0.3, 0.4) is 0 Å². The number of ether oxygens (including phenoxy) is 1. The molecule has 1 N–H and O–H groups in total. The number of nitro benzene ring substituents is 1. The largest absolute Gasteiger partial charge is 0.492 e. The van der Waals surface area contributed by atoms with E-state index in [0.29, 0.717) is 11.5 Å². The Kier molecular flexibility index (Phi) is 5.44. The minimum absolute atomic E-state index is 0.152. The van der Waals surface area contributed by atoms with Crippen molar-refractivity contribution in [2.45, 2.75) is 20.4 Å². The van der Waals surface area contributed by atoms with Gasteiger partial charge in [-0.05, 0) is 26.0 Å². The molecule has 158 valence electrons. The topological polar surface area (TPSA) is 108 Å². The molecule has 10 heteroatoms. The molecule has 0 aliphatic rings. The van der Waals surface area contributed by atoms with Crippen LogP contribution in [0.4, 0.5) is 21.6 Å². The van der Waals surface area contributed by atoms with E-state index in [1.807, 2.05) is 29.8 Å². The molecular weight excluding hydrogens is 403 g/mol. The van der Waals surface area contributed by atoms with Crippen LogP contribution in [0.15, 0.2) is 48.9 Å². The molecule has 0 fully saturated rings. The quantitative estimate of drug-likeness (QED) is 0.340. The molecule has 0 saturated heterocycles. The van der Waals surface area contributed by atoms with Crippen LogP contribution in [0.2, 0.25) is 0 Å². The van der Waals surface area contributed by atoms with Crippen molar-refractivity contribution in [3.63, 3.8) is 0 Å². The van der Waals surface area contributed by atoms with E-state index in [0.717, 1.165) is 35.1 Å². The van der Waals surface area contributed by atoms with E-state index >= 15 is 0 Å². The van der Waals surface area contributed by atoms with Crippen LogP contribution < -0.4 is 10.1 Å². The molecule has 0 saturated carbocycles. The summed E-state index contributed by atoms with van der Waals surface area (Å²) < 4.78 is 21.3. The van der Waals surface area contributed by atoms with Crippen molar-refractivity contribution in [3.05, 3.63) is 64.9 Å². The summed E-state index contributed by atoms with van der Waals surface area (Å²) in [5.74, 6) is -0.432. The molecule has 2 aromatic heterocycles. The molecule has 0 aliphatic carbocycles. The van der Waals surface area contributed by atoms with Crippen molar-refractivity contribution in [1.29, 1.82) is 0 Å².